The van der Waals surface area contributed by atoms with Gasteiger partial charge in [0.2, 0.25) is 6.29 Å². The van der Waals surface area contributed by atoms with Gasteiger partial charge in [0.05, 0.1) is 0 Å². The molecule has 0 amide bonds. The van der Waals surface area contributed by atoms with E-state index in [1.54, 1.807) is 0 Å². The molecule has 1 heterocycles. The number of carbonyl (C=O) groups excluding carboxylic acids is 3. The van der Waals surface area contributed by atoms with Crippen molar-refractivity contribution >= 4 is 18.2 Å². The minimum Gasteiger partial charge on any atom is -0.457 e. The maximum absolute atomic E-state index is 12.4. The largest absolute Gasteiger partial charge is 0.457 e. The number of aliphatic hydroxyl groups is 1. The van der Waals surface area contributed by atoms with E-state index < -0.39 is 29.7 Å². The molecule has 0 aromatic carbocycles. The molecule has 144 valence electrons. The number of allylic oxidation sites excluding steroid dienone is 1. The molecule has 2 rings (SSSR count). The van der Waals surface area contributed by atoms with Gasteiger partial charge in [-0.3, -0.25) is 9.59 Å². The fourth-order valence-corrected chi connectivity index (χ4v) is 3.78. The monoisotopic (exact) mass is 364 g/mol. The van der Waals surface area contributed by atoms with Crippen LogP contribution in [0.2, 0.25) is 0 Å². The molecular weight excluding hydrogens is 336 g/mol. The zero-order valence-electron chi connectivity index (χ0n) is 16.1. The van der Waals surface area contributed by atoms with E-state index in [0.717, 1.165) is 19.1 Å². The molecule has 0 aromatic rings. The van der Waals surface area contributed by atoms with Crippen molar-refractivity contribution in [3.05, 3.63) is 22.8 Å². The summed E-state index contributed by atoms with van der Waals surface area (Å²) in [5.41, 5.74) is 0.128. The van der Waals surface area contributed by atoms with E-state index in [0.29, 0.717) is 5.57 Å². The van der Waals surface area contributed by atoms with Crippen LogP contribution in [-0.2, 0) is 23.9 Å². The summed E-state index contributed by atoms with van der Waals surface area (Å²) in [5, 5.41) is 10.3. The molecule has 0 radical (unpaired) electrons. The SMILES string of the molecule is CC1=C(C(OC(=O)CC(C)C)C2(C)C(C=O)=CCCC2C)C(O)OC1=O. The second-order valence-corrected chi connectivity index (χ2v) is 7.84. The number of rotatable bonds is 6. The van der Waals surface area contributed by atoms with Gasteiger partial charge in [-0.25, -0.2) is 4.79 Å². The molecule has 6 nitrogen and oxygen atoms in total. The fourth-order valence-electron chi connectivity index (χ4n) is 3.78. The van der Waals surface area contributed by atoms with Crippen molar-refractivity contribution in [3.8, 4) is 0 Å². The van der Waals surface area contributed by atoms with Crippen LogP contribution in [0, 0.1) is 17.3 Å². The molecule has 1 N–H and O–H groups in total. The standard InChI is InChI=1S/C20H28O6/c1-11(2)9-15(22)25-17(16-13(4)18(23)26-19(16)24)20(5)12(3)7-6-8-14(20)10-21/h8,10-12,17,19,24H,6-7,9H2,1-5H3. The van der Waals surface area contributed by atoms with Crippen LogP contribution in [0.3, 0.4) is 0 Å². The summed E-state index contributed by atoms with van der Waals surface area (Å²) in [6, 6.07) is 0. The van der Waals surface area contributed by atoms with Crippen LogP contribution in [0.1, 0.15) is 53.9 Å². The van der Waals surface area contributed by atoms with E-state index in [2.05, 4.69) is 0 Å². The number of cyclic esters (lactones) is 1. The van der Waals surface area contributed by atoms with E-state index in [-0.39, 0.29) is 29.4 Å². The van der Waals surface area contributed by atoms with E-state index in [4.69, 9.17) is 9.47 Å². The average molecular weight is 364 g/mol. The van der Waals surface area contributed by atoms with Crippen LogP contribution >= 0.6 is 0 Å². The first kappa shape index (κ1) is 20.4. The zero-order valence-corrected chi connectivity index (χ0v) is 16.1. The van der Waals surface area contributed by atoms with Crippen molar-refractivity contribution < 1.29 is 29.0 Å². The normalized spacial score (nSPS) is 30.1. The van der Waals surface area contributed by atoms with Gasteiger partial charge < -0.3 is 14.6 Å². The lowest BCUT2D eigenvalue weighted by Gasteiger charge is -2.45. The molecule has 0 bridgehead atoms. The summed E-state index contributed by atoms with van der Waals surface area (Å²) in [5.74, 6) is -0.961. The summed E-state index contributed by atoms with van der Waals surface area (Å²) < 4.78 is 10.7. The number of esters is 2. The van der Waals surface area contributed by atoms with E-state index in [1.807, 2.05) is 33.8 Å². The van der Waals surface area contributed by atoms with Crippen molar-refractivity contribution in [2.24, 2.45) is 17.3 Å². The number of carbonyl (C=O) groups is 3. The predicted molar refractivity (Wildman–Crippen MR) is 94.8 cm³/mol. The van der Waals surface area contributed by atoms with Crippen LogP contribution in [0.5, 0.6) is 0 Å². The minimum absolute atomic E-state index is 0.00718. The Morgan fingerprint density at radius 3 is 2.65 bits per heavy atom. The maximum Gasteiger partial charge on any atom is 0.336 e. The molecular formula is C20H28O6. The maximum atomic E-state index is 12.4. The smallest absolute Gasteiger partial charge is 0.336 e. The minimum atomic E-state index is -1.47. The molecule has 0 fully saturated rings. The van der Waals surface area contributed by atoms with Crippen molar-refractivity contribution in [2.45, 2.75) is 66.3 Å². The molecule has 0 saturated heterocycles. The highest BCUT2D eigenvalue weighted by Crippen LogP contribution is 2.49. The van der Waals surface area contributed by atoms with E-state index in [1.165, 1.54) is 6.92 Å². The van der Waals surface area contributed by atoms with Crippen LogP contribution < -0.4 is 0 Å². The first-order valence-corrected chi connectivity index (χ1v) is 9.07. The quantitative estimate of drug-likeness (QED) is 0.576. The number of hydrogen-bond donors (Lipinski definition) is 1. The highest BCUT2D eigenvalue weighted by Gasteiger charge is 2.51. The highest BCUT2D eigenvalue weighted by atomic mass is 16.6. The molecule has 1 aliphatic heterocycles. The predicted octanol–water partition coefficient (Wildman–Crippen LogP) is 2.70. The summed E-state index contributed by atoms with van der Waals surface area (Å²) in [6.45, 7) is 9.18. The topological polar surface area (TPSA) is 89.9 Å². The fraction of sp³-hybridized carbons (Fsp3) is 0.650. The highest BCUT2D eigenvalue weighted by molar-refractivity contribution is 5.92. The third kappa shape index (κ3) is 3.61. The molecule has 6 heteroatoms. The Bertz CT molecular complexity index is 659. The van der Waals surface area contributed by atoms with Crippen molar-refractivity contribution in [1.29, 1.82) is 0 Å². The Hall–Kier alpha value is -1.95. The molecule has 26 heavy (non-hydrogen) atoms. The van der Waals surface area contributed by atoms with Crippen LogP contribution in [0.25, 0.3) is 0 Å². The van der Waals surface area contributed by atoms with Gasteiger partial charge in [-0.05, 0) is 37.2 Å². The van der Waals surface area contributed by atoms with E-state index in [9.17, 15) is 19.5 Å². The Morgan fingerprint density at radius 1 is 1.50 bits per heavy atom. The second-order valence-electron chi connectivity index (χ2n) is 7.84. The van der Waals surface area contributed by atoms with Crippen LogP contribution in [0.4, 0.5) is 0 Å². The Kier molecular flexibility index (Phi) is 6.06. The van der Waals surface area contributed by atoms with Gasteiger partial charge in [0, 0.05) is 23.0 Å². The van der Waals surface area contributed by atoms with Crippen molar-refractivity contribution in [3.63, 3.8) is 0 Å². The molecule has 4 atom stereocenters. The van der Waals surface area contributed by atoms with Crippen LogP contribution in [-0.4, -0.2) is 35.7 Å². The van der Waals surface area contributed by atoms with Gasteiger partial charge in [0.15, 0.2) is 0 Å². The summed E-state index contributed by atoms with van der Waals surface area (Å²) >= 11 is 0. The number of ether oxygens (including phenoxy) is 2. The van der Waals surface area contributed by atoms with Crippen molar-refractivity contribution in [1.82, 2.24) is 0 Å². The first-order valence-electron chi connectivity index (χ1n) is 9.07. The van der Waals surface area contributed by atoms with Gasteiger partial charge in [0.1, 0.15) is 12.4 Å². The molecule has 1 aliphatic carbocycles. The number of hydrogen-bond acceptors (Lipinski definition) is 6. The van der Waals surface area contributed by atoms with Crippen LogP contribution in [0.15, 0.2) is 22.8 Å². The van der Waals surface area contributed by atoms with E-state index >= 15 is 0 Å². The lowest BCUT2D eigenvalue weighted by Crippen LogP contribution is -2.47. The Morgan fingerprint density at radius 2 is 2.15 bits per heavy atom. The third-order valence-corrected chi connectivity index (χ3v) is 5.61. The average Bonchev–Trinajstić information content (AvgIpc) is 2.80. The zero-order chi connectivity index (χ0) is 19.6. The van der Waals surface area contributed by atoms with Crippen molar-refractivity contribution in [2.75, 3.05) is 0 Å². The second kappa shape index (κ2) is 7.74. The molecule has 4 unspecified atom stereocenters. The summed E-state index contributed by atoms with van der Waals surface area (Å²) in [4.78, 5) is 36.1. The number of aldehydes is 1. The first-order chi connectivity index (χ1) is 12.1. The van der Waals surface area contributed by atoms with Gasteiger partial charge >= 0.3 is 11.9 Å². The Labute approximate surface area is 154 Å². The molecule has 0 spiro atoms. The molecule has 0 saturated carbocycles. The summed E-state index contributed by atoms with van der Waals surface area (Å²) in [6.07, 6.45) is 1.98. The lowest BCUT2D eigenvalue weighted by atomic mass is 9.62. The van der Waals surface area contributed by atoms with Gasteiger partial charge in [-0.15, -0.1) is 0 Å². The molecule has 0 aromatic heterocycles. The number of aliphatic hydroxyl groups excluding tert-OH is 1. The van der Waals surface area contributed by atoms with Gasteiger partial charge in [0.25, 0.3) is 0 Å². The molecule has 2 aliphatic rings. The third-order valence-electron chi connectivity index (χ3n) is 5.61. The summed E-state index contributed by atoms with van der Waals surface area (Å²) in [7, 11) is 0. The van der Waals surface area contributed by atoms with Gasteiger partial charge in [-0.1, -0.05) is 33.8 Å². The van der Waals surface area contributed by atoms with Gasteiger partial charge in [-0.2, -0.15) is 0 Å². The Balaban J connectivity index is 2.55. The lowest BCUT2D eigenvalue weighted by molar-refractivity contribution is -0.160.